The van der Waals surface area contributed by atoms with Crippen LogP contribution < -0.4 is 5.32 Å². The number of anilines is 1. The van der Waals surface area contributed by atoms with Gasteiger partial charge in [-0.25, -0.2) is 0 Å². The Hall–Kier alpha value is -2.14. The molecule has 2 aromatic rings. The van der Waals surface area contributed by atoms with Crippen LogP contribution in [0.1, 0.15) is 31.2 Å². The van der Waals surface area contributed by atoms with Crippen LogP contribution in [-0.2, 0) is 15.0 Å². The van der Waals surface area contributed by atoms with Crippen molar-refractivity contribution < 1.29 is 9.63 Å². The zero-order valence-corrected chi connectivity index (χ0v) is 13.8. The predicted octanol–water partition coefficient (Wildman–Crippen LogP) is 4.03. The SMILES string of the molecule is CC(C)(C)c1ccc(NC(=O)CO/N=C/c2cccs2)cc1. The average Bonchev–Trinajstić information content (AvgIpc) is 2.96. The van der Waals surface area contributed by atoms with E-state index in [1.807, 2.05) is 41.8 Å². The molecule has 0 aliphatic carbocycles. The normalized spacial score (nSPS) is 11.6. The van der Waals surface area contributed by atoms with E-state index in [0.717, 1.165) is 10.6 Å². The summed E-state index contributed by atoms with van der Waals surface area (Å²) in [5.74, 6) is -0.230. The average molecular weight is 316 g/mol. The summed E-state index contributed by atoms with van der Waals surface area (Å²) in [6.07, 6.45) is 1.59. The number of hydrogen-bond donors (Lipinski definition) is 1. The Bertz CT molecular complexity index is 626. The number of amides is 1. The van der Waals surface area contributed by atoms with Gasteiger partial charge >= 0.3 is 0 Å². The topological polar surface area (TPSA) is 50.7 Å². The van der Waals surface area contributed by atoms with E-state index in [1.165, 1.54) is 5.56 Å². The number of oxime groups is 1. The number of rotatable bonds is 5. The van der Waals surface area contributed by atoms with Gasteiger partial charge in [-0.1, -0.05) is 44.1 Å². The van der Waals surface area contributed by atoms with Gasteiger partial charge in [0.25, 0.3) is 5.91 Å². The van der Waals surface area contributed by atoms with Gasteiger partial charge in [0.1, 0.15) is 0 Å². The van der Waals surface area contributed by atoms with Crippen molar-refractivity contribution >= 4 is 29.1 Å². The maximum Gasteiger partial charge on any atom is 0.265 e. The zero-order chi connectivity index (χ0) is 16.0. The van der Waals surface area contributed by atoms with Crippen molar-refractivity contribution in [2.24, 2.45) is 5.16 Å². The number of nitrogens with one attached hydrogen (secondary N) is 1. The van der Waals surface area contributed by atoms with E-state index in [1.54, 1.807) is 17.6 Å². The third-order valence-electron chi connectivity index (χ3n) is 3.03. The number of carbonyl (C=O) groups excluding carboxylic acids is 1. The maximum atomic E-state index is 11.7. The molecule has 1 N–H and O–H groups in total. The first-order valence-corrected chi connectivity index (χ1v) is 7.92. The highest BCUT2D eigenvalue weighted by Gasteiger charge is 2.13. The smallest absolute Gasteiger partial charge is 0.265 e. The third kappa shape index (κ3) is 5.00. The molecule has 0 bridgehead atoms. The van der Waals surface area contributed by atoms with E-state index in [-0.39, 0.29) is 17.9 Å². The molecule has 22 heavy (non-hydrogen) atoms. The highest BCUT2D eigenvalue weighted by Crippen LogP contribution is 2.23. The second kappa shape index (κ2) is 7.22. The molecule has 0 radical (unpaired) electrons. The Morgan fingerprint density at radius 1 is 1.27 bits per heavy atom. The van der Waals surface area contributed by atoms with Crippen LogP contribution in [0.15, 0.2) is 46.9 Å². The van der Waals surface area contributed by atoms with Gasteiger partial charge < -0.3 is 10.2 Å². The lowest BCUT2D eigenvalue weighted by molar-refractivity contribution is -0.120. The molecule has 4 nitrogen and oxygen atoms in total. The Morgan fingerprint density at radius 3 is 2.59 bits per heavy atom. The molecule has 0 aliphatic rings. The van der Waals surface area contributed by atoms with Crippen molar-refractivity contribution in [2.75, 3.05) is 11.9 Å². The van der Waals surface area contributed by atoms with Gasteiger partial charge in [-0.15, -0.1) is 11.3 Å². The van der Waals surface area contributed by atoms with Crippen molar-refractivity contribution in [3.05, 3.63) is 52.2 Å². The van der Waals surface area contributed by atoms with E-state index in [9.17, 15) is 4.79 Å². The lowest BCUT2D eigenvalue weighted by atomic mass is 9.87. The number of carbonyl (C=O) groups is 1. The Labute approximate surface area is 134 Å². The summed E-state index contributed by atoms with van der Waals surface area (Å²) in [7, 11) is 0. The van der Waals surface area contributed by atoms with Gasteiger partial charge in [0, 0.05) is 10.6 Å². The van der Waals surface area contributed by atoms with Crippen LogP contribution >= 0.6 is 11.3 Å². The van der Waals surface area contributed by atoms with Gasteiger partial charge in [-0.2, -0.15) is 0 Å². The largest absolute Gasteiger partial charge is 0.386 e. The van der Waals surface area contributed by atoms with Crippen molar-refractivity contribution in [3.63, 3.8) is 0 Å². The van der Waals surface area contributed by atoms with Crippen LogP contribution in [0.3, 0.4) is 0 Å². The number of thiophene rings is 1. The fraction of sp³-hybridized carbons (Fsp3) is 0.294. The van der Waals surface area contributed by atoms with Crippen LogP contribution in [0.25, 0.3) is 0 Å². The summed E-state index contributed by atoms with van der Waals surface area (Å²) in [6, 6.07) is 11.7. The first-order chi connectivity index (χ1) is 10.4. The monoisotopic (exact) mass is 316 g/mol. The van der Waals surface area contributed by atoms with Gasteiger partial charge in [-0.3, -0.25) is 4.79 Å². The first kappa shape index (κ1) is 16.2. The van der Waals surface area contributed by atoms with Gasteiger partial charge in [0.2, 0.25) is 0 Å². The molecule has 0 fully saturated rings. The van der Waals surface area contributed by atoms with Crippen LogP contribution in [0.5, 0.6) is 0 Å². The van der Waals surface area contributed by atoms with E-state index < -0.39 is 0 Å². The molecule has 5 heteroatoms. The van der Waals surface area contributed by atoms with Crippen molar-refractivity contribution in [1.82, 2.24) is 0 Å². The minimum atomic E-state index is -0.230. The van der Waals surface area contributed by atoms with Crippen molar-refractivity contribution in [2.45, 2.75) is 26.2 Å². The molecule has 0 aliphatic heterocycles. The highest BCUT2D eigenvalue weighted by molar-refractivity contribution is 7.11. The molecule has 1 amide bonds. The van der Waals surface area contributed by atoms with Gasteiger partial charge in [0.05, 0.1) is 6.21 Å². The summed E-state index contributed by atoms with van der Waals surface area (Å²) >= 11 is 1.56. The molecular formula is C17H20N2O2S. The van der Waals surface area contributed by atoms with Crippen LogP contribution in [0.2, 0.25) is 0 Å². The Balaban J connectivity index is 1.79. The molecule has 0 unspecified atom stereocenters. The molecule has 0 spiro atoms. The summed E-state index contributed by atoms with van der Waals surface area (Å²) in [5, 5.41) is 8.50. The molecule has 0 saturated heterocycles. The molecule has 0 saturated carbocycles. The van der Waals surface area contributed by atoms with E-state index in [0.29, 0.717) is 0 Å². The standard InChI is InChI=1S/C17H20N2O2S/c1-17(2,3)13-6-8-14(9-7-13)19-16(20)12-21-18-11-15-5-4-10-22-15/h4-11H,12H2,1-3H3,(H,19,20)/b18-11+. The van der Waals surface area contributed by atoms with Gasteiger partial charge in [0.15, 0.2) is 6.61 Å². The third-order valence-corrected chi connectivity index (χ3v) is 3.83. The first-order valence-electron chi connectivity index (χ1n) is 7.04. The summed E-state index contributed by atoms with van der Waals surface area (Å²) in [5.41, 5.74) is 2.08. The van der Waals surface area contributed by atoms with Crippen LogP contribution in [0.4, 0.5) is 5.69 Å². The van der Waals surface area contributed by atoms with Gasteiger partial charge in [-0.05, 0) is 34.6 Å². The fourth-order valence-electron chi connectivity index (χ4n) is 1.80. The lowest BCUT2D eigenvalue weighted by Gasteiger charge is -2.19. The van der Waals surface area contributed by atoms with Crippen LogP contribution in [-0.4, -0.2) is 18.7 Å². The number of hydrogen-bond acceptors (Lipinski definition) is 4. The molecule has 2 rings (SSSR count). The summed E-state index contributed by atoms with van der Waals surface area (Å²) < 4.78 is 0. The van der Waals surface area contributed by atoms with E-state index >= 15 is 0 Å². The van der Waals surface area contributed by atoms with Crippen molar-refractivity contribution in [1.29, 1.82) is 0 Å². The molecular weight excluding hydrogens is 296 g/mol. The summed E-state index contributed by atoms with van der Waals surface area (Å²) in [4.78, 5) is 17.7. The van der Waals surface area contributed by atoms with E-state index in [2.05, 4.69) is 31.2 Å². The molecule has 1 heterocycles. The summed E-state index contributed by atoms with van der Waals surface area (Å²) in [6.45, 7) is 6.35. The van der Waals surface area contributed by atoms with E-state index in [4.69, 9.17) is 4.84 Å². The molecule has 0 atom stereocenters. The minimum Gasteiger partial charge on any atom is -0.386 e. The fourth-order valence-corrected chi connectivity index (χ4v) is 2.38. The maximum absolute atomic E-state index is 11.7. The van der Waals surface area contributed by atoms with Crippen LogP contribution in [0, 0.1) is 0 Å². The molecule has 1 aromatic carbocycles. The Kier molecular flexibility index (Phi) is 5.33. The highest BCUT2D eigenvalue weighted by atomic mass is 32.1. The quantitative estimate of drug-likeness (QED) is 0.668. The lowest BCUT2D eigenvalue weighted by Crippen LogP contribution is -2.17. The number of nitrogens with zero attached hydrogens (tertiary/aromatic N) is 1. The second-order valence-corrected chi connectivity index (χ2v) is 6.88. The minimum absolute atomic E-state index is 0.0994. The molecule has 1 aromatic heterocycles. The number of benzene rings is 1. The molecule has 116 valence electrons. The zero-order valence-electron chi connectivity index (χ0n) is 13.0. The second-order valence-electron chi connectivity index (χ2n) is 5.90. The Morgan fingerprint density at radius 2 is 2.00 bits per heavy atom. The predicted molar refractivity (Wildman–Crippen MR) is 91.6 cm³/mol. The van der Waals surface area contributed by atoms with Crippen molar-refractivity contribution in [3.8, 4) is 0 Å².